The molecule has 1 aliphatic carbocycles. The molecule has 0 aliphatic heterocycles. The van der Waals surface area contributed by atoms with Crippen molar-refractivity contribution >= 4 is 50.2 Å². The molecule has 0 unspecified atom stereocenters. The van der Waals surface area contributed by atoms with Gasteiger partial charge in [0.05, 0.1) is 6.61 Å². The number of hydrogen-bond acceptors (Lipinski definition) is 3. The summed E-state index contributed by atoms with van der Waals surface area (Å²) in [5.41, 5.74) is 5.31. The lowest BCUT2D eigenvalue weighted by Gasteiger charge is -2.25. The molecule has 0 aromatic rings. The minimum absolute atomic E-state index is 0. The molecule has 3 nitrogen and oxygen atoms in total. The van der Waals surface area contributed by atoms with Gasteiger partial charge in [0.2, 0.25) is 0 Å². The molecule has 1 rings (SSSR count). The maximum atomic E-state index is 11.7. The van der Waals surface area contributed by atoms with E-state index in [2.05, 4.69) is 31.9 Å². The second-order valence-electron chi connectivity index (χ2n) is 3.99. The van der Waals surface area contributed by atoms with Gasteiger partial charge in [-0.15, -0.1) is 12.4 Å². The quantitative estimate of drug-likeness (QED) is 0.456. The molecule has 2 N–H and O–H groups in total. The summed E-state index contributed by atoms with van der Waals surface area (Å²) in [5.74, 6) is -0.258. The van der Waals surface area contributed by atoms with Crippen LogP contribution in [0, 0.1) is 0 Å². The highest BCUT2D eigenvalue weighted by Gasteiger charge is 2.39. The van der Waals surface area contributed by atoms with Crippen LogP contribution in [-0.2, 0) is 9.53 Å². The third-order valence-electron chi connectivity index (χ3n) is 2.81. The Hall–Kier alpha value is 0.680. The average Bonchev–Trinajstić information content (AvgIpc) is 2.33. The highest BCUT2D eigenvalue weighted by atomic mass is 79.9. The largest absolute Gasteiger partial charge is 0.465 e. The van der Waals surface area contributed by atoms with Crippen LogP contribution in [0.4, 0.5) is 0 Å². The first-order valence-electron chi connectivity index (χ1n) is 5.24. The van der Waals surface area contributed by atoms with Gasteiger partial charge in [-0.05, 0) is 32.6 Å². The third-order valence-corrected chi connectivity index (χ3v) is 5.71. The van der Waals surface area contributed by atoms with Crippen molar-refractivity contribution in [3.63, 3.8) is 0 Å². The summed E-state index contributed by atoms with van der Waals surface area (Å²) in [6, 6.07) is 0. The molecule has 0 bridgehead atoms. The Morgan fingerprint density at radius 1 is 1.38 bits per heavy atom. The van der Waals surface area contributed by atoms with Gasteiger partial charge >= 0.3 is 5.97 Å². The summed E-state index contributed by atoms with van der Waals surface area (Å²) in [5, 5.41) is 0. The van der Waals surface area contributed by atoms with Gasteiger partial charge in [-0.25, -0.2) is 0 Å². The van der Waals surface area contributed by atoms with Crippen LogP contribution in [0.25, 0.3) is 0 Å². The smallest absolute Gasteiger partial charge is 0.326 e. The van der Waals surface area contributed by atoms with Gasteiger partial charge < -0.3 is 10.5 Å². The predicted octanol–water partition coefficient (Wildman–Crippen LogP) is 2.77. The molecule has 1 saturated carbocycles. The zero-order valence-corrected chi connectivity index (χ0v) is 13.2. The summed E-state index contributed by atoms with van der Waals surface area (Å²) < 4.78 is 5.02. The van der Waals surface area contributed by atoms with E-state index < -0.39 is 5.54 Å². The monoisotopic (exact) mass is 377 g/mol. The topological polar surface area (TPSA) is 52.3 Å². The third kappa shape index (κ3) is 4.17. The molecular formula is C10H18Br2ClNO2. The first-order valence-corrected chi connectivity index (χ1v) is 7.07. The molecule has 0 heterocycles. The second-order valence-corrected chi connectivity index (χ2v) is 6.34. The van der Waals surface area contributed by atoms with Gasteiger partial charge in [0.25, 0.3) is 0 Å². The number of carbonyl (C=O) groups is 1. The minimum atomic E-state index is -0.787. The van der Waals surface area contributed by atoms with Crippen LogP contribution >= 0.6 is 44.3 Å². The van der Waals surface area contributed by atoms with Gasteiger partial charge in [0.15, 0.2) is 0 Å². The van der Waals surface area contributed by atoms with E-state index in [1.807, 2.05) is 0 Å². The number of halogens is 3. The van der Waals surface area contributed by atoms with Crippen LogP contribution in [0.3, 0.4) is 0 Å². The molecule has 1 fully saturated rings. The Bertz CT molecular complexity index is 229. The van der Waals surface area contributed by atoms with Crippen LogP contribution in [0.5, 0.6) is 0 Å². The normalized spacial score (nSPS) is 28.8. The Morgan fingerprint density at radius 2 is 1.81 bits per heavy atom. The maximum absolute atomic E-state index is 11.7. The summed E-state index contributed by atoms with van der Waals surface area (Å²) in [4.78, 5) is 12.5. The van der Waals surface area contributed by atoms with Crippen molar-refractivity contribution in [3.8, 4) is 0 Å². The van der Waals surface area contributed by atoms with E-state index in [9.17, 15) is 4.79 Å². The molecule has 96 valence electrons. The Kier molecular flexibility index (Phi) is 7.49. The lowest BCUT2D eigenvalue weighted by Crippen LogP contribution is -2.48. The number of hydrogen-bond donors (Lipinski definition) is 1. The Morgan fingerprint density at radius 3 is 2.19 bits per heavy atom. The van der Waals surface area contributed by atoms with E-state index in [4.69, 9.17) is 10.5 Å². The second kappa shape index (κ2) is 7.19. The maximum Gasteiger partial charge on any atom is 0.326 e. The first-order chi connectivity index (χ1) is 6.99. The average molecular weight is 380 g/mol. The SMILES string of the molecule is CCOC(=O)C1(N)CC[C@H](Br)[C@@H](Br)CC1.Cl. The molecule has 2 atom stereocenters. The fraction of sp³-hybridized carbons (Fsp3) is 0.900. The van der Waals surface area contributed by atoms with Gasteiger partial charge in [-0.3, -0.25) is 4.79 Å². The van der Waals surface area contributed by atoms with Gasteiger partial charge in [0, 0.05) is 9.65 Å². The van der Waals surface area contributed by atoms with E-state index >= 15 is 0 Å². The van der Waals surface area contributed by atoms with Gasteiger partial charge in [-0.2, -0.15) is 0 Å². The standard InChI is InChI=1S/C10H17Br2NO2.ClH/c1-2-15-9(14)10(13)5-3-7(11)8(12)4-6-10;/h7-8H,2-6,13H2,1H3;1H/t7-,8-;/m0./s1. The molecule has 0 radical (unpaired) electrons. The van der Waals surface area contributed by atoms with E-state index in [1.165, 1.54) is 0 Å². The summed E-state index contributed by atoms with van der Waals surface area (Å²) in [6.07, 6.45) is 3.16. The lowest BCUT2D eigenvalue weighted by atomic mass is 9.92. The van der Waals surface area contributed by atoms with Gasteiger partial charge in [0.1, 0.15) is 5.54 Å². The van der Waals surface area contributed by atoms with Crippen molar-refractivity contribution in [3.05, 3.63) is 0 Å². The van der Waals surface area contributed by atoms with Crippen molar-refractivity contribution in [1.29, 1.82) is 0 Å². The molecule has 0 spiro atoms. The lowest BCUT2D eigenvalue weighted by molar-refractivity contribution is -0.150. The van der Waals surface area contributed by atoms with E-state index in [0.717, 1.165) is 12.8 Å². The van der Waals surface area contributed by atoms with Crippen molar-refractivity contribution < 1.29 is 9.53 Å². The summed E-state index contributed by atoms with van der Waals surface area (Å²) in [6.45, 7) is 2.20. The Labute approximate surface area is 120 Å². The molecule has 6 heteroatoms. The van der Waals surface area contributed by atoms with Crippen molar-refractivity contribution in [1.82, 2.24) is 0 Å². The number of alkyl halides is 2. The summed E-state index contributed by atoms with van der Waals surface area (Å²) in [7, 11) is 0. The fourth-order valence-corrected chi connectivity index (χ4v) is 2.74. The zero-order valence-electron chi connectivity index (χ0n) is 9.25. The van der Waals surface area contributed by atoms with E-state index in [1.54, 1.807) is 6.92 Å². The molecule has 0 amide bonds. The highest BCUT2D eigenvalue weighted by Crippen LogP contribution is 2.33. The van der Waals surface area contributed by atoms with Crippen LogP contribution in [-0.4, -0.2) is 27.8 Å². The molecule has 16 heavy (non-hydrogen) atoms. The zero-order chi connectivity index (χ0) is 11.5. The number of nitrogens with two attached hydrogens (primary N) is 1. The fourth-order valence-electron chi connectivity index (χ4n) is 1.76. The van der Waals surface area contributed by atoms with Crippen LogP contribution in [0.1, 0.15) is 32.6 Å². The Balaban J connectivity index is 0.00000225. The molecule has 0 aromatic heterocycles. The van der Waals surface area contributed by atoms with Crippen molar-refractivity contribution in [2.24, 2.45) is 5.73 Å². The van der Waals surface area contributed by atoms with E-state index in [0.29, 0.717) is 29.1 Å². The highest BCUT2D eigenvalue weighted by molar-refractivity contribution is 9.12. The number of ether oxygens (including phenoxy) is 1. The predicted molar refractivity (Wildman–Crippen MR) is 74.7 cm³/mol. The van der Waals surface area contributed by atoms with Crippen molar-refractivity contribution in [2.75, 3.05) is 6.61 Å². The van der Waals surface area contributed by atoms with Crippen LogP contribution < -0.4 is 5.73 Å². The molecule has 0 aromatic carbocycles. The minimum Gasteiger partial charge on any atom is -0.465 e. The van der Waals surface area contributed by atoms with Crippen LogP contribution in [0.15, 0.2) is 0 Å². The van der Waals surface area contributed by atoms with E-state index in [-0.39, 0.29) is 18.4 Å². The number of rotatable bonds is 2. The van der Waals surface area contributed by atoms with Crippen LogP contribution in [0.2, 0.25) is 0 Å². The number of carbonyl (C=O) groups excluding carboxylic acids is 1. The van der Waals surface area contributed by atoms with Gasteiger partial charge in [-0.1, -0.05) is 31.9 Å². The summed E-state index contributed by atoms with van der Waals surface area (Å²) >= 11 is 7.18. The first kappa shape index (κ1) is 16.7. The number of esters is 1. The molecule has 0 saturated heterocycles. The molecular weight excluding hydrogens is 361 g/mol. The molecule has 1 aliphatic rings. The van der Waals surface area contributed by atoms with Crippen molar-refractivity contribution in [2.45, 2.75) is 47.8 Å².